The molecule has 1 aliphatic heterocycles. The maximum absolute atomic E-state index is 5.69. The van der Waals surface area contributed by atoms with Crippen molar-refractivity contribution >= 4 is 0 Å². The predicted octanol–water partition coefficient (Wildman–Crippen LogP) is 0.416. The first-order valence-electron chi connectivity index (χ1n) is 5.18. The van der Waals surface area contributed by atoms with E-state index < -0.39 is 0 Å². The summed E-state index contributed by atoms with van der Waals surface area (Å²) >= 11 is 0. The van der Waals surface area contributed by atoms with E-state index in [2.05, 4.69) is 15.3 Å². The van der Waals surface area contributed by atoms with E-state index in [4.69, 9.17) is 5.73 Å². The summed E-state index contributed by atoms with van der Waals surface area (Å²) in [7, 11) is 0. The zero-order valence-corrected chi connectivity index (χ0v) is 8.08. The summed E-state index contributed by atoms with van der Waals surface area (Å²) in [6.07, 6.45) is 2.49. The number of nitrogens with two attached hydrogens (primary N) is 1. The Hall–Kier alpha value is -1.00. The first kappa shape index (κ1) is 8.32. The van der Waals surface area contributed by atoms with E-state index in [1.165, 1.54) is 24.1 Å². The molecule has 1 saturated carbocycles. The summed E-state index contributed by atoms with van der Waals surface area (Å²) in [5, 5.41) is 3.29. The summed E-state index contributed by atoms with van der Waals surface area (Å²) in [4.78, 5) is 9.14. The molecule has 4 heteroatoms. The van der Waals surface area contributed by atoms with Gasteiger partial charge < -0.3 is 11.1 Å². The Kier molecular flexibility index (Phi) is 1.78. The maximum atomic E-state index is 5.69. The zero-order valence-electron chi connectivity index (χ0n) is 8.08. The molecular formula is C10H14N4. The van der Waals surface area contributed by atoms with Crippen LogP contribution in [0.1, 0.15) is 41.5 Å². The number of nitrogens with zero attached hydrogens (tertiary/aromatic N) is 2. The molecule has 1 aromatic rings. The van der Waals surface area contributed by atoms with Gasteiger partial charge in [0.15, 0.2) is 0 Å². The molecule has 0 spiro atoms. The second kappa shape index (κ2) is 3.00. The van der Waals surface area contributed by atoms with Crippen molar-refractivity contribution in [2.24, 2.45) is 5.73 Å². The standard InChI is InChI=1S/C10H14N4/c11-3-8-7-4-12-5-9(7)14-10(13-8)6-1-2-6/h6,12H,1-5,11H2. The molecule has 4 nitrogen and oxygen atoms in total. The summed E-state index contributed by atoms with van der Waals surface area (Å²) in [6.45, 7) is 2.30. The van der Waals surface area contributed by atoms with Crippen molar-refractivity contribution < 1.29 is 0 Å². The Balaban J connectivity index is 2.08. The van der Waals surface area contributed by atoms with Crippen LogP contribution >= 0.6 is 0 Å². The van der Waals surface area contributed by atoms with Gasteiger partial charge in [0.2, 0.25) is 0 Å². The van der Waals surface area contributed by atoms with Gasteiger partial charge in [-0.3, -0.25) is 0 Å². The van der Waals surface area contributed by atoms with Crippen molar-refractivity contribution in [3.63, 3.8) is 0 Å². The number of aromatic nitrogens is 2. The molecule has 0 saturated heterocycles. The van der Waals surface area contributed by atoms with Gasteiger partial charge >= 0.3 is 0 Å². The second-order valence-electron chi connectivity index (χ2n) is 4.04. The van der Waals surface area contributed by atoms with Crippen LogP contribution in [0.15, 0.2) is 0 Å². The first-order chi connectivity index (χ1) is 6.88. The molecule has 3 rings (SSSR count). The van der Waals surface area contributed by atoms with Crippen molar-refractivity contribution in [1.29, 1.82) is 0 Å². The lowest BCUT2D eigenvalue weighted by molar-refractivity contribution is 0.754. The van der Waals surface area contributed by atoms with Gasteiger partial charge in [-0.1, -0.05) is 0 Å². The van der Waals surface area contributed by atoms with E-state index in [0.29, 0.717) is 12.5 Å². The quantitative estimate of drug-likeness (QED) is 0.709. The average Bonchev–Trinajstić information content (AvgIpc) is 2.95. The van der Waals surface area contributed by atoms with Gasteiger partial charge in [0.1, 0.15) is 5.82 Å². The highest BCUT2D eigenvalue weighted by molar-refractivity contribution is 5.30. The van der Waals surface area contributed by atoms with E-state index >= 15 is 0 Å². The van der Waals surface area contributed by atoms with Crippen LogP contribution in [-0.2, 0) is 19.6 Å². The summed E-state index contributed by atoms with van der Waals surface area (Å²) in [5.74, 6) is 1.64. The first-order valence-corrected chi connectivity index (χ1v) is 5.18. The van der Waals surface area contributed by atoms with Crippen LogP contribution < -0.4 is 11.1 Å². The Bertz CT molecular complexity index is 371. The lowest BCUT2D eigenvalue weighted by Gasteiger charge is -2.06. The highest BCUT2D eigenvalue weighted by Gasteiger charge is 2.29. The van der Waals surface area contributed by atoms with E-state index in [1.54, 1.807) is 0 Å². The Morgan fingerprint density at radius 2 is 2.14 bits per heavy atom. The molecule has 2 heterocycles. The normalized spacial score (nSPS) is 19.8. The van der Waals surface area contributed by atoms with E-state index in [9.17, 15) is 0 Å². The largest absolute Gasteiger partial charge is 0.325 e. The Morgan fingerprint density at radius 3 is 2.86 bits per heavy atom. The summed E-state index contributed by atoms with van der Waals surface area (Å²) in [5.41, 5.74) is 9.14. The van der Waals surface area contributed by atoms with Crippen LogP contribution in [0.25, 0.3) is 0 Å². The average molecular weight is 190 g/mol. The van der Waals surface area contributed by atoms with E-state index in [0.717, 1.165) is 24.6 Å². The number of fused-ring (bicyclic) bond motifs is 1. The second-order valence-corrected chi connectivity index (χ2v) is 4.04. The van der Waals surface area contributed by atoms with Gasteiger partial charge in [-0.2, -0.15) is 0 Å². The van der Waals surface area contributed by atoms with Crippen LogP contribution in [0, 0.1) is 0 Å². The number of rotatable bonds is 2. The molecule has 0 aromatic carbocycles. The lowest BCUT2D eigenvalue weighted by atomic mass is 10.2. The molecule has 1 aromatic heterocycles. The van der Waals surface area contributed by atoms with Crippen LogP contribution in [-0.4, -0.2) is 9.97 Å². The lowest BCUT2D eigenvalue weighted by Crippen LogP contribution is -2.09. The molecule has 2 aliphatic rings. The van der Waals surface area contributed by atoms with Crippen molar-refractivity contribution in [2.75, 3.05) is 0 Å². The molecule has 1 aliphatic carbocycles. The van der Waals surface area contributed by atoms with Gasteiger partial charge in [0.05, 0.1) is 11.4 Å². The third-order valence-electron chi connectivity index (χ3n) is 2.93. The highest BCUT2D eigenvalue weighted by atomic mass is 15.0. The molecule has 0 radical (unpaired) electrons. The van der Waals surface area contributed by atoms with Crippen LogP contribution in [0.5, 0.6) is 0 Å². The molecule has 14 heavy (non-hydrogen) atoms. The fraction of sp³-hybridized carbons (Fsp3) is 0.600. The number of nitrogens with one attached hydrogen (secondary N) is 1. The molecular weight excluding hydrogens is 176 g/mol. The minimum atomic E-state index is 0.534. The maximum Gasteiger partial charge on any atom is 0.132 e. The van der Waals surface area contributed by atoms with Crippen molar-refractivity contribution in [3.05, 3.63) is 22.8 Å². The molecule has 74 valence electrons. The predicted molar refractivity (Wildman–Crippen MR) is 52.4 cm³/mol. The molecule has 1 fully saturated rings. The highest BCUT2D eigenvalue weighted by Crippen LogP contribution is 2.38. The van der Waals surface area contributed by atoms with Crippen molar-refractivity contribution in [3.8, 4) is 0 Å². The van der Waals surface area contributed by atoms with Crippen molar-refractivity contribution in [1.82, 2.24) is 15.3 Å². The summed E-state index contributed by atoms with van der Waals surface area (Å²) in [6, 6.07) is 0. The van der Waals surface area contributed by atoms with E-state index in [-0.39, 0.29) is 0 Å². The molecule has 0 atom stereocenters. The van der Waals surface area contributed by atoms with Gasteiger partial charge in [0, 0.05) is 31.1 Å². The fourth-order valence-electron chi connectivity index (χ4n) is 1.95. The smallest absolute Gasteiger partial charge is 0.132 e. The van der Waals surface area contributed by atoms with Gasteiger partial charge in [0.25, 0.3) is 0 Å². The molecule has 0 amide bonds. The molecule has 0 unspecified atom stereocenters. The molecule has 0 bridgehead atoms. The fourth-order valence-corrected chi connectivity index (χ4v) is 1.95. The van der Waals surface area contributed by atoms with Crippen LogP contribution in [0.4, 0.5) is 0 Å². The zero-order chi connectivity index (χ0) is 9.54. The Labute approximate surface area is 82.9 Å². The van der Waals surface area contributed by atoms with Gasteiger partial charge in [-0.15, -0.1) is 0 Å². The van der Waals surface area contributed by atoms with Gasteiger partial charge in [-0.25, -0.2) is 9.97 Å². The Morgan fingerprint density at radius 1 is 1.29 bits per heavy atom. The molecule has 3 N–H and O–H groups in total. The SMILES string of the molecule is NCc1nc(C2CC2)nc2c1CNC2. The third-order valence-corrected chi connectivity index (χ3v) is 2.93. The third kappa shape index (κ3) is 1.22. The minimum absolute atomic E-state index is 0.534. The topological polar surface area (TPSA) is 63.8 Å². The van der Waals surface area contributed by atoms with Crippen molar-refractivity contribution in [2.45, 2.75) is 38.4 Å². The van der Waals surface area contributed by atoms with Crippen LogP contribution in [0.2, 0.25) is 0 Å². The summed E-state index contributed by atoms with van der Waals surface area (Å²) < 4.78 is 0. The number of hydrogen-bond acceptors (Lipinski definition) is 4. The van der Waals surface area contributed by atoms with E-state index in [1.807, 2.05) is 0 Å². The van der Waals surface area contributed by atoms with Crippen LogP contribution in [0.3, 0.4) is 0 Å². The van der Waals surface area contributed by atoms with Gasteiger partial charge in [-0.05, 0) is 12.8 Å². The number of hydrogen-bond donors (Lipinski definition) is 2. The minimum Gasteiger partial charge on any atom is -0.325 e. The monoisotopic (exact) mass is 190 g/mol.